The molecule has 5 heteroatoms. The van der Waals surface area contributed by atoms with Crippen molar-refractivity contribution in [2.75, 3.05) is 13.2 Å². The van der Waals surface area contributed by atoms with Crippen LogP contribution in [0.3, 0.4) is 0 Å². The van der Waals surface area contributed by atoms with Crippen LogP contribution < -0.4 is 10.6 Å². The van der Waals surface area contributed by atoms with Crippen LogP contribution in [0.4, 0.5) is 4.79 Å². The molecule has 0 aliphatic heterocycles. The largest absolute Gasteiger partial charge is 0.450 e. The summed E-state index contributed by atoms with van der Waals surface area (Å²) in [6.45, 7) is 8.56. The molecule has 0 radical (unpaired) electrons. The highest BCUT2D eigenvalue weighted by Crippen LogP contribution is 2.06. The van der Waals surface area contributed by atoms with E-state index in [1.165, 1.54) is 0 Å². The van der Waals surface area contributed by atoms with Crippen molar-refractivity contribution in [1.82, 2.24) is 10.6 Å². The van der Waals surface area contributed by atoms with Gasteiger partial charge in [-0.2, -0.15) is 0 Å². The van der Waals surface area contributed by atoms with E-state index in [9.17, 15) is 9.59 Å². The average Bonchev–Trinajstić information content (AvgIpc) is 2.44. The Labute approximate surface area is 132 Å². The van der Waals surface area contributed by atoms with Gasteiger partial charge in [-0.25, -0.2) is 4.79 Å². The molecule has 5 nitrogen and oxygen atoms in total. The molecule has 22 heavy (non-hydrogen) atoms. The molecular weight excluding hydrogens is 280 g/mol. The van der Waals surface area contributed by atoms with Crippen LogP contribution in [0, 0.1) is 12.8 Å². The van der Waals surface area contributed by atoms with E-state index in [0.29, 0.717) is 24.6 Å². The number of hydrogen-bond acceptors (Lipinski definition) is 3. The highest BCUT2D eigenvalue weighted by molar-refractivity contribution is 5.94. The van der Waals surface area contributed by atoms with Crippen molar-refractivity contribution in [2.45, 2.75) is 40.2 Å². The van der Waals surface area contributed by atoms with Crippen molar-refractivity contribution in [3.63, 3.8) is 0 Å². The number of benzene rings is 1. The van der Waals surface area contributed by atoms with E-state index in [0.717, 1.165) is 12.0 Å². The van der Waals surface area contributed by atoms with Gasteiger partial charge in [0.25, 0.3) is 5.91 Å². The number of amides is 2. The Balaban J connectivity index is 2.58. The molecule has 0 fully saturated rings. The van der Waals surface area contributed by atoms with Gasteiger partial charge in [-0.05, 0) is 38.3 Å². The first-order valence-corrected chi connectivity index (χ1v) is 7.70. The number of aryl methyl sites for hydroxylation is 1. The molecule has 0 aromatic heterocycles. The van der Waals surface area contributed by atoms with E-state index < -0.39 is 6.09 Å². The van der Waals surface area contributed by atoms with Gasteiger partial charge in [0.2, 0.25) is 0 Å². The van der Waals surface area contributed by atoms with Gasteiger partial charge in [0.15, 0.2) is 0 Å². The van der Waals surface area contributed by atoms with Crippen LogP contribution in [-0.4, -0.2) is 31.2 Å². The smallest absolute Gasteiger partial charge is 0.407 e. The molecule has 0 saturated carbocycles. The molecule has 0 aliphatic carbocycles. The van der Waals surface area contributed by atoms with E-state index in [1.807, 2.05) is 25.1 Å². The summed E-state index contributed by atoms with van der Waals surface area (Å²) in [4.78, 5) is 23.7. The highest BCUT2D eigenvalue weighted by atomic mass is 16.5. The lowest BCUT2D eigenvalue weighted by Gasteiger charge is -2.20. The van der Waals surface area contributed by atoms with E-state index in [1.54, 1.807) is 13.0 Å². The molecule has 1 atom stereocenters. The summed E-state index contributed by atoms with van der Waals surface area (Å²) >= 11 is 0. The Morgan fingerprint density at radius 1 is 1.27 bits per heavy atom. The van der Waals surface area contributed by atoms with Crippen molar-refractivity contribution in [3.8, 4) is 0 Å². The average molecular weight is 306 g/mol. The number of nitrogens with one attached hydrogen (secondary N) is 2. The van der Waals surface area contributed by atoms with E-state index in [2.05, 4.69) is 24.5 Å². The standard InChI is InChI=1S/C17H26N2O3/c1-5-22-17(21)19-15(9-12(2)3)11-18-16(20)14-8-6-7-13(4)10-14/h6-8,10,12,15H,5,9,11H2,1-4H3,(H,18,20)(H,19,21)/t15-/m1/s1. The van der Waals surface area contributed by atoms with Crippen LogP contribution >= 0.6 is 0 Å². The number of rotatable bonds is 7. The molecule has 122 valence electrons. The predicted molar refractivity (Wildman–Crippen MR) is 86.9 cm³/mol. The molecule has 2 N–H and O–H groups in total. The van der Waals surface area contributed by atoms with Gasteiger partial charge >= 0.3 is 6.09 Å². The predicted octanol–water partition coefficient (Wildman–Crippen LogP) is 2.89. The van der Waals surface area contributed by atoms with Crippen molar-refractivity contribution >= 4 is 12.0 Å². The van der Waals surface area contributed by atoms with Gasteiger partial charge < -0.3 is 15.4 Å². The fraction of sp³-hybridized carbons (Fsp3) is 0.529. The zero-order valence-electron chi connectivity index (χ0n) is 13.8. The van der Waals surface area contributed by atoms with E-state index in [-0.39, 0.29) is 11.9 Å². The molecule has 1 aromatic rings. The van der Waals surface area contributed by atoms with E-state index >= 15 is 0 Å². The zero-order chi connectivity index (χ0) is 16.5. The fourth-order valence-electron chi connectivity index (χ4n) is 2.21. The van der Waals surface area contributed by atoms with Crippen LogP contribution in [-0.2, 0) is 4.74 Å². The van der Waals surface area contributed by atoms with Crippen LogP contribution in [0.5, 0.6) is 0 Å². The Kier molecular flexibility index (Phi) is 7.43. The maximum Gasteiger partial charge on any atom is 0.407 e. The second-order valence-electron chi connectivity index (χ2n) is 5.77. The zero-order valence-corrected chi connectivity index (χ0v) is 13.8. The first kappa shape index (κ1) is 18.0. The van der Waals surface area contributed by atoms with Crippen molar-refractivity contribution in [3.05, 3.63) is 35.4 Å². The molecule has 0 aliphatic rings. The van der Waals surface area contributed by atoms with Crippen molar-refractivity contribution in [1.29, 1.82) is 0 Å². The van der Waals surface area contributed by atoms with Gasteiger partial charge in [-0.3, -0.25) is 4.79 Å². The Bertz CT molecular complexity index is 500. The topological polar surface area (TPSA) is 67.4 Å². The number of alkyl carbamates (subject to hydrolysis) is 1. The van der Waals surface area contributed by atoms with Crippen molar-refractivity contribution in [2.24, 2.45) is 5.92 Å². The summed E-state index contributed by atoms with van der Waals surface area (Å²) in [5.41, 5.74) is 1.66. The molecule has 0 saturated heterocycles. The first-order valence-electron chi connectivity index (χ1n) is 7.70. The maximum absolute atomic E-state index is 12.1. The van der Waals surface area contributed by atoms with Gasteiger partial charge in [0.05, 0.1) is 6.61 Å². The first-order chi connectivity index (χ1) is 10.4. The highest BCUT2D eigenvalue weighted by Gasteiger charge is 2.16. The quantitative estimate of drug-likeness (QED) is 0.814. The summed E-state index contributed by atoms with van der Waals surface area (Å²) in [6, 6.07) is 7.27. The normalized spacial score (nSPS) is 11.9. The molecule has 0 bridgehead atoms. The molecule has 2 amide bonds. The summed E-state index contributed by atoms with van der Waals surface area (Å²) in [5.74, 6) is 0.269. The van der Waals surface area contributed by atoms with Crippen LogP contribution in [0.1, 0.15) is 43.1 Å². The summed E-state index contributed by atoms with van der Waals surface area (Å²) in [7, 11) is 0. The lowest BCUT2D eigenvalue weighted by atomic mass is 10.0. The molecule has 0 heterocycles. The lowest BCUT2D eigenvalue weighted by Crippen LogP contribution is -2.44. The minimum absolute atomic E-state index is 0.136. The number of carbonyl (C=O) groups excluding carboxylic acids is 2. The van der Waals surface area contributed by atoms with E-state index in [4.69, 9.17) is 4.74 Å². The van der Waals surface area contributed by atoms with Crippen LogP contribution in [0.2, 0.25) is 0 Å². The molecular formula is C17H26N2O3. The molecule has 0 unspecified atom stereocenters. The second-order valence-corrected chi connectivity index (χ2v) is 5.77. The second kappa shape index (κ2) is 9.07. The van der Waals surface area contributed by atoms with Gasteiger partial charge in [-0.1, -0.05) is 31.5 Å². The molecule has 1 aromatic carbocycles. The summed E-state index contributed by atoms with van der Waals surface area (Å²) < 4.78 is 4.90. The minimum Gasteiger partial charge on any atom is -0.450 e. The number of carbonyl (C=O) groups is 2. The third kappa shape index (κ3) is 6.61. The Morgan fingerprint density at radius 3 is 2.59 bits per heavy atom. The summed E-state index contributed by atoms with van der Waals surface area (Å²) in [6.07, 6.45) is 0.324. The third-order valence-electron chi connectivity index (χ3n) is 3.14. The fourth-order valence-corrected chi connectivity index (χ4v) is 2.21. The van der Waals surface area contributed by atoms with Gasteiger partial charge in [0.1, 0.15) is 0 Å². The molecule has 0 spiro atoms. The van der Waals surface area contributed by atoms with Gasteiger partial charge in [-0.15, -0.1) is 0 Å². The Morgan fingerprint density at radius 2 is 2.00 bits per heavy atom. The SMILES string of the molecule is CCOC(=O)N[C@@H](CNC(=O)c1cccc(C)c1)CC(C)C. The van der Waals surface area contributed by atoms with Crippen molar-refractivity contribution < 1.29 is 14.3 Å². The van der Waals surface area contributed by atoms with Crippen LogP contribution in [0.25, 0.3) is 0 Å². The van der Waals surface area contributed by atoms with Crippen LogP contribution in [0.15, 0.2) is 24.3 Å². The molecule has 1 rings (SSSR count). The minimum atomic E-state index is -0.446. The van der Waals surface area contributed by atoms with Gasteiger partial charge in [0, 0.05) is 18.2 Å². The summed E-state index contributed by atoms with van der Waals surface area (Å²) in [5, 5.41) is 5.66. The Hall–Kier alpha value is -2.04. The third-order valence-corrected chi connectivity index (χ3v) is 3.14. The lowest BCUT2D eigenvalue weighted by molar-refractivity contribution is 0.0944. The maximum atomic E-state index is 12.1. The monoisotopic (exact) mass is 306 g/mol. The number of hydrogen-bond donors (Lipinski definition) is 2. The number of ether oxygens (including phenoxy) is 1.